The summed E-state index contributed by atoms with van der Waals surface area (Å²) in [5, 5.41) is 2.69. The average Bonchev–Trinajstić information content (AvgIpc) is 2.37. The predicted molar refractivity (Wildman–Crippen MR) is 65.1 cm³/mol. The second-order valence-corrected chi connectivity index (χ2v) is 3.52. The van der Waals surface area contributed by atoms with Crippen LogP contribution in [0.3, 0.4) is 0 Å². The average molecular weight is 236 g/mol. The molecule has 2 amide bonds. The molecule has 0 atom stereocenters. The van der Waals surface area contributed by atoms with Crippen LogP contribution in [0.5, 0.6) is 0 Å². The van der Waals surface area contributed by atoms with Crippen LogP contribution in [0.4, 0.5) is 10.5 Å². The molecule has 0 aromatic heterocycles. The van der Waals surface area contributed by atoms with Crippen molar-refractivity contribution < 1.29 is 14.3 Å². The maximum absolute atomic E-state index is 11.6. The van der Waals surface area contributed by atoms with Gasteiger partial charge in [-0.3, -0.25) is 0 Å². The van der Waals surface area contributed by atoms with Gasteiger partial charge in [0.15, 0.2) is 0 Å². The number of carbonyl (C=O) groups is 2. The Labute approximate surface area is 100 Å². The van der Waals surface area contributed by atoms with Crippen LogP contribution in [-0.4, -0.2) is 37.6 Å². The van der Waals surface area contributed by atoms with Gasteiger partial charge in [0.25, 0.3) is 0 Å². The van der Waals surface area contributed by atoms with Crippen LogP contribution in [0, 0.1) is 0 Å². The number of hydrogen-bond acceptors (Lipinski definition) is 3. The molecule has 0 bridgehead atoms. The molecule has 1 aromatic rings. The molecule has 92 valence electrons. The smallest absolute Gasteiger partial charge is 0.337 e. The third-order valence-electron chi connectivity index (χ3n) is 2.36. The maximum atomic E-state index is 11.6. The first kappa shape index (κ1) is 13.0. The molecule has 17 heavy (non-hydrogen) atoms. The van der Waals surface area contributed by atoms with Crippen molar-refractivity contribution in [2.45, 2.75) is 6.92 Å². The van der Waals surface area contributed by atoms with Crippen molar-refractivity contribution in [1.82, 2.24) is 4.90 Å². The van der Waals surface area contributed by atoms with E-state index >= 15 is 0 Å². The zero-order chi connectivity index (χ0) is 12.8. The molecule has 1 aromatic carbocycles. The van der Waals surface area contributed by atoms with E-state index in [1.54, 1.807) is 31.3 Å². The number of esters is 1. The molecule has 5 heteroatoms. The van der Waals surface area contributed by atoms with Crippen LogP contribution in [0.25, 0.3) is 0 Å². The summed E-state index contributed by atoms with van der Waals surface area (Å²) in [5.41, 5.74) is 0.975. The van der Waals surface area contributed by atoms with Gasteiger partial charge in [0.2, 0.25) is 0 Å². The highest BCUT2D eigenvalue weighted by molar-refractivity contribution is 5.93. The Hall–Kier alpha value is -2.04. The summed E-state index contributed by atoms with van der Waals surface area (Å²) < 4.78 is 4.60. The van der Waals surface area contributed by atoms with E-state index in [4.69, 9.17) is 0 Å². The summed E-state index contributed by atoms with van der Waals surface area (Å²) in [5.74, 6) is -0.426. The van der Waals surface area contributed by atoms with Gasteiger partial charge in [0.1, 0.15) is 0 Å². The third-order valence-corrected chi connectivity index (χ3v) is 2.36. The molecular formula is C12H16N2O3. The molecule has 0 fully saturated rings. The van der Waals surface area contributed by atoms with Gasteiger partial charge in [-0.1, -0.05) is 6.07 Å². The summed E-state index contributed by atoms with van der Waals surface area (Å²) in [4.78, 5) is 24.4. The standard InChI is InChI=1S/C12H16N2O3/c1-4-14(2)12(16)13-10-7-5-6-9(8-10)11(15)17-3/h5-8H,4H2,1-3H3,(H,13,16). The van der Waals surface area contributed by atoms with Crippen molar-refractivity contribution in [2.75, 3.05) is 26.0 Å². The highest BCUT2D eigenvalue weighted by Crippen LogP contribution is 2.12. The Morgan fingerprint density at radius 2 is 2.12 bits per heavy atom. The predicted octanol–water partition coefficient (Wildman–Crippen LogP) is 1.96. The zero-order valence-corrected chi connectivity index (χ0v) is 10.2. The second kappa shape index (κ2) is 5.89. The molecule has 5 nitrogen and oxygen atoms in total. The van der Waals surface area contributed by atoms with Crippen LogP contribution in [0.1, 0.15) is 17.3 Å². The van der Waals surface area contributed by atoms with Crippen molar-refractivity contribution >= 4 is 17.7 Å². The minimum atomic E-state index is -0.426. The van der Waals surface area contributed by atoms with Crippen LogP contribution in [-0.2, 0) is 4.74 Å². The highest BCUT2D eigenvalue weighted by atomic mass is 16.5. The van der Waals surface area contributed by atoms with Gasteiger partial charge in [-0.05, 0) is 25.1 Å². The Balaban J connectivity index is 2.79. The van der Waals surface area contributed by atoms with E-state index in [-0.39, 0.29) is 6.03 Å². The monoisotopic (exact) mass is 236 g/mol. The number of methoxy groups -OCH3 is 1. The maximum Gasteiger partial charge on any atom is 0.337 e. The molecule has 0 spiro atoms. The molecule has 0 saturated carbocycles. The van der Waals surface area contributed by atoms with E-state index < -0.39 is 5.97 Å². The number of benzene rings is 1. The first-order valence-corrected chi connectivity index (χ1v) is 5.29. The van der Waals surface area contributed by atoms with Gasteiger partial charge in [-0.2, -0.15) is 0 Å². The summed E-state index contributed by atoms with van der Waals surface area (Å²) >= 11 is 0. The topological polar surface area (TPSA) is 58.6 Å². The van der Waals surface area contributed by atoms with Gasteiger partial charge in [0, 0.05) is 19.3 Å². The van der Waals surface area contributed by atoms with Crippen molar-refractivity contribution in [3.8, 4) is 0 Å². The summed E-state index contributed by atoms with van der Waals surface area (Å²) in [6, 6.07) is 6.40. The highest BCUT2D eigenvalue weighted by Gasteiger charge is 2.09. The first-order chi connectivity index (χ1) is 8.08. The Morgan fingerprint density at radius 1 is 1.41 bits per heavy atom. The summed E-state index contributed by atoms with van der Waals surface area (Å²) in [6.07, 6.45) is 0. The molecular weight excluding hydrogens is 220 g/mol. The number of carbonyl (C=O) groups excluding carboxylic acids is 2. The number of anilines is 1. The van der Waals surface area contributed by atoms with Crippen LogP contribution < -0.4 is 5.32 Å². The fourth-order valence-electron chi connectivity index (χ4n) is 1.20. The zero-order valence-electron chi connectivity index (χ0n) is 10.2. The van der Waals surface area contributed by atoms with Crippen LogP contribution in [0.15, 0.2) is 24.3 Å². The molecule has 1 N–H and O–H groups in total. The summed E-state index contributed by atoms with van der Waals surface area (Å²) in [6.45, 7) is 2.49. The number of ether oxygens (including phenoxy) is 1. The number of rotatable bonds is 3. The number of urea groups is 1. The fourth-order valence-corrected chi connectivity index (χ4v) is 1.20. The Bertz CT molecular complexity index is 418. The van der Waals surface area contributed by atoms with Gasteiger partial charge in [-0.15, -0.1) is 0 Å². The Morgan fingerprint density at radius 3 is 2.71 bits per heavy atom. The lowest BCUT2D eigenvalue weighted by Gasteiger charge is -2.15. The van der Waals surface area contributed by atoms with Crippen molar-refractivity contribution in [1.29, 1.82) is 0 Å². The summed E-state index contributed by atoms with van der Waals surface area (Å²) in [7, 11) is 3.01. The first-order valence-electron chi connectivity index (χ1n) is 5.29. The van der Waals surface area contributed by atoms with E-state index in [9.17, 15) is 9.59 Å². The van der Waals surface area contributed by atoms with Gasteiger partial charge in [0.05, 0.1) is 12.7 Å². The van der Waals surface area contributed by atoms with Gasteiger partial charge in [-0.25, -0.2) is 9.59 Å². The molecule has 0 radical (unpaired) electrons. The molecule has 0 unspecified atom stereocenters. The van der Waals surface area contributed by atoms with Crippen molar-refractivity contribution in [3.63, 3.8) is 0 Å². The lowest BCUT2D eigenvalue weighted by atomic mass is 10.2. The minimum Gasteiger partial charge on any atom is -0.465 e. The SMILES string of the molecule is CCN(C)C(=O)Nc1cccc(C(=O)OC)c1. The molecule has 1 rings (SSSR count). The van der Waals surface area contributed by atoms with Gasteiger partial charge >= 0.3 is 12.0 Å². The van der Waals surface area contributed by atoms with E-state index in [1.165, 1.54) is 12.0 Å². The number of amides is 2. The van der Waals surface area contributed by atoms with Crippen LogP contribution in [0.2, 0.25) is 0 Å². The molecule has 0 saturated heterocycles. The minimum absolute atomic E-state index is 0.213. The van der Waals surface area contributed by atoms with Crippen molar-refractivity contribution in [2.24, 2.45) is 0 Å². The normalized spacial score (nSPS) is 9.59. The lowest BCUT2D eigenvalue weighted by molar-refractivity contribution is 0.0600. The van der Waals surface area contributed by atoms with Gasteiger partial charge < -0.3 is 15.0 Å². The lowest BCUT2D eigenvalue weighted by Crippen LogP contribution is -2.30. The third kappa shape index (κ3) is 3.48. The van der Waals surface area contributed by atoms with Crippen molar-refractivity contribution in [3.05, 3.63) is 29.8 Å². The van der Waals surface area contributed by atoms with Crippen LogP contribution >= 0.6 is 0 Å². The number of hydrogen-bond donors (Lipinski definition) is 1. The van der Waals surface area contributed by atoms with E-state index in [2.05, 4.69) is 10.1 Å². The largest absolute Gasteiger partial charge is 0.465 e. The quantitative estimate of drug-likeness (QED) is 0.816. The fraction of sp³-hybridized carbons (Fsp3) is 0.333. The Kier molecular flexibility index (Phi) is 4.51. The molecule has 0 aliphatic carbocycles. The number of nitrogens with zero attached hydrogens (tertiary/aromatic N) is 1. The van der Waals surface area contributed by atoms with E-state index in [0.29, 0.717) is 17.8 Å². The molecule has 0 aliphatic heterocycles. The van der Waals surface area contributed by atoms with E-state index in [1.807, 2.05) is 6.92 Å². The number of nitrogens with one attached hydrogen (secondary N) is 1. The molecule has 0 aliphatic rings. The van der Waals surface area contributed by atoms with E-state index in [0.717, 1.165) is 0 Å². The molecule has 0 heterocycles. The second-order valence-electron chi connectivity index (χ2n) is 3.52.